The topological polar surface area (TPSA) is 12.9 Å². The molecule has 3 heteroatoms. The number of halogens is 1. The summed E-state index contributed by atoms with van der Waals surface area (Å²) in [7, 11) is 0. The van der Waals surface area contributed by atoms with Crippen LogP contribution in [0.2, 0.25) is 0 Å². The molecular weight excluding hydrogens is 221 g/mol. The van der Waals surface area contributed by atoms with E-state index in [-0.39, 0.29) is 5.82 Å². The molecule has 0 saturated heterocycles. The first-order valence-corrected chi connectivity index (χ1v) is 5.77. The SMILES string of the molecule is Fc1cccc2nc(-c3ccccc3)sc12. The number of fused-ring (bicyclic) bond motifs is 1. The first-order valence-electron chi connectivity index (χ1n) is 4.95. The predicted molar refractivity (Wildman–Crippen MR) is 65.0 cm³/mol. The standard InChI is InChI=1S/C13H8FNS/c14-10-7-4-8-11-12(10)16-13(15-11)9-5-2-1-3-6-9/h1-8H. The van der Waals surface area contributed by atoms with Crippen molar-refractivity contribution in [2.45, 2.75) is 0 Å². The van der Waals surface area contributed by atoms with E-state index >= 15 is 0 Å². The molecule has 0 aliphatic heterocycles. The van der Waals surface area contributed by atoms with E-state index in [2.05, 4.69) is 4.98 Å². The summed E-state index contributed by atoms with van der Waals surface area (Å²) in [5.41, 5.74) is 1.76. The van der Waals surface area contributed by atoms with Crippen LogP contribution in [0.4, 0.5) is 4.39 Å². The quantitative estimate of drug-likeness (QED) is 0.612. The summed E-state index contributed by atoms with van der Waals surface area (Å²) >= 11 is 1.39. The second-order valence-electron chi connectivity index (χ2n) is 3.47. The Morgan fingerprint density at radius 3 is 2.50 bits per heavy atom. The molecule has 0 aliphatic rings. The van der Waals surface area contributed by atoms with Gasteiger partial charge in [-0.05, 0) is 12.1 Å². The highest BCUT2D eigenvalue weighted by atomic mass is 32.1. The Hall–Kier alpha value is -1.74. The molecule has 2 aromatic carbocycles. The van der Waals surface area contributed by atoms with Crippen LogP contribution in [0, 0.1) is 5.82 Å². The normalized spacial score (nSPS) is 10.8. The van der Waals surface area contributed by atoms with Crippen molar-refractivity contribution in [1.82, 2.24) is 4.98 Å². The second-order valence-corrected chi connectivity index (χ2v) is 4.47. The number of rotatable bonds is 1. The lowest BCUT2D eigenvalue weighted by Crippen LogP contribution is -1.74. The summed E-state index contributed by atoms with van der Waals surface area (Å²) in [4.78, 5) is 4.42. The Labute approximate surface area is 96.2 Å². The molecule has 3 aromatic rings. The Kier molecular flexibility index (Phi) is 2.18. The van der Waals surface area contributed by atoms with Crippen LogP contribution < -0.4 is 0 Å². The van der Waals surface area contributed by atoms with Gasteiger partial charge in [-0.3, -0.25) is 0 Å². The van der Waals surface area contributed by atoms with Crippen LogP contribution in [0.5, 0.6) is 0 Å². The van der Waals surface area contributed by atoms with Gasteiger partial charge in [-0.2, -0.15) is 0 Å². The molecule has 0 amide bonds. The molecular formula is C13H8FNS. The number of benzene rings is 2. The molecule has 0 N–H and O–H groups in total. The molecule has 1 heterocycles. The van der Waals surface area contributed by atoms with E-state index in [1.165, 1.54) is 17.4 Å². The predicted octanol–water partition coefficient (Wildman–Crippen LogP) is 4.10. The van der Waals surface area contributed by atoms with Crippen molar-refractivity contribution >= 4 is 21.6 Å². The lowest BCUT2D eigenvalue weighted by Gasteiger charge is -1.92. The molecule has 1 nitrogen and oxygen atoms in total. The second kappa shape index (κ2) is 3.68. The van der Waals surface area contributed by atoms with Crippen LogP contribution in [0.15, 0.2) is 48.5 Å². The van der Waals surface area contributed by atoms with Gasteiger partial charge in [-0.15, -0.1) is 11.3 Å². The Balaban J connectivity index is 2.23. The van der Waals surface area contributed by atoms with Crippen LogP contribution >= 0.6 is 11.3 Å². The average molecular weight is 229 g/mol. The summed E-state index contributed by atoms with van der Waals surface area (Å²) in [6.45, 7) is 0. The van der Waals surface area contributed by atoms with E-state index in [4.69, 9.17) is 0 Å². The zero-order chi connectivity index (χ0) is 11.0. The zero-order valence-corrected chi connectivity index (χ0v) is 9.17. The van der Waals surface area contributed by atoms with Gasteiger partial charge in [-0.1, -0.05) is 36.4 Å². The first kappa shape index (κ1) is 9.48. The average Bonchev–Trinajstić information content (AvgIpc) is 2.76. The Bertz CT molecular complexity index is 631. The fourth-order valence-electron chi connectivity index (χ4n) is 1.62. The third-order valence-corrected chi connectivity index (χ3v) is 3.52. The minimum absolute atomic E-state index is 0.197. The lowest BCUT2D eigenvalue weighted by atomic mass is 10.2. The molecule has 16 heavy (non-hydrogen) atoms. The van der Waals surface area contributed by atoms with Gasteiger partial charge in [0, 0.05) is 5.56 Å². The molecule has 0 unspecified atom stereocenters. The zero-order valence-electron chi connectivity index (χ0n) is 8.35. The first-order chi connectivity index (χ1) is 7.84. The highest BCUT2D eigenvalue weighted by Crippen LogP contribution is 2.31. The van der Waals surface area contributed by atoms with Crippen molar-refractivity contribution in [2.75, 3.05) is 0 Å². The number of aromatic nitrogens is 1. The lowest BCUT2D eigenvalue weighted by molar-refractivity contribution is 0.641. The molecule has 0 atom stereocenters. The molecule has 0 radical (unpaired) electrons. The summed E-state index contributed by atoms with van der Waals surface area (Å²) in [5.74, 6) is -0.197. The molecule has 0 saturated carbocycles. The van der Waals surface area contributed by atoms with E-state index in [1.54, 1.807) is 6.07 Å². The Morgan fingerprint density at radius 2 is 1.75 bits per heavy atom. The van der Waals surface area contributed by atoms with Gasteiger partial charge in [0.1, 0.15) is 10.8 Å². The molecule has 0 spiro atoms. The highest BCUT2D eigenvalue weighted by molar-refractivity contribution is 7.21. The molecule has 0 aliphatic carbocycles. The van der Waals surface area contributed by atoms with Crippen molar-refractivity contribution in [3.63, 3.8) is 0 Å². The van der Waals surface area contributed by atoms with E-state index < -0.39 is 0 Å². The summed E-state index contributed by atoms with van der Waals surface area (Å²) < 4.78 is 14.1. The number of hydrogen-bond donors (Lipinski definition) is 0. The van der Waals surface area contributed by atoms with Crippen LogP contribution in [0.25, 0.3) is 20.8 Å². The van der Waals surface area contributed by atoms with Gasteiger partial charge in [0.2, 0.25) is 0 Å². The molecule has 0 bridgehead atoms. The fourth-order valence-corrected chi connectivity index (χ4v) is 2.59. The van der Waals surface area contributed by atoms with E-state index in [1.807, 2.05) is 36.4 Å². The summed E-state index contributed by atoms with van der Waals surface area (Å²) in [5, 5.41) is 0.862. The van der Waals surface area contributed by atoms with Crippen LogP contribution in [-0.4, -0.2) is 4.98 Å². The van der Waals surface area contributed by atoms with Crippen molar-refractivity contribution in [3.05, 3.63) is 54.3 Å². The van der Waals surface area contributed by atoms with Crippen LogP contribution in [0.1, 0.15) is 0 Å². The van der Waals surface area contributed by atoms with Gasteiger partial charge in [0.15, 0.2) is 0 Å². The Morgan fingerprint density at radius 1 is 0.938 bits per heavy atom. The monoisotopic (exact) mass is 229 g/mol. The fraction of sp³-hybridized carbons (Fsp3) is 0. The van der Waals surface area contributed by atoms with Crippen molar-refractivity contribution in [3.8, 4) is 10.6 Å². The minimum atomic E-state index is -0.197. The van der Waals surface area contributed by atoms with Gasteiger partial charge < -0.3 is 0 Å². The van der Waals surface area contributed by atoms with E-state index in [9.17, 15) is 4.39 Å². The van der Waals surface area contributed by atoms with Gasteiger partial charge in [0.05, 0.1) is 10.2 Å². The van der Waals surface area contributed by atoms with E-state index in [0.717, 1.165) is 16.1 Å². The highest BCUT2D eigenvalue weighted by Gasteiger charge is 2.08. The van der Waals surface area contributed by atoms with Gasteiger partial charge in [-0.25, -0.2) is 9.37 Å². The van der Waals surface area contributed by atoms with Crippen molar-refractivity contribution in [2.24, 2.45) is 0 Å². The van der Waals surface area contributed by atoms with Crippen molar-refractivity contribution in [1.29, 1.82) is 0 Å². The largest absolute Gasteiger partial charge is 0.236 e. The third-order valence-electron chi connectivity index (χ3n) is 2.39. The molecule has 3 rings (SSSR count). The molecule has 0 fully saturated rings. The maximum atomic E-state index is 13.5. The summed E-state index contributed by atoms with van der Waals surface area (Å²) in [6, 6.07) is 14.8. The number of nitrogens with zero attached hydrogens (tertiary/aromatic N) is 1. The number of hydrogen-bond acceptors (Lipinski definition) is 2. The minimum Gasteiger partial charge on any atom is -0.236 e. The maximum Gasteiger partial charge on any atom is 0.142 e. The number of thiazole rings is 1. The maximum absolute atomic E-state index is 13.5. The van der Waals surface area contributed by atoms with Gasteiger partial charge >= 0.3 is 0 Å². The molecule has 78 valence electrons. The van der Waals surface area contributed by atoms with Crippen LogP contribution in [-0.2, 0) is 0 Å². The summed E-state index contributed by atoms with van der Waals surface area (Å²) in [6.07, 6.45) is 0. The van der Waals surface area contributed by atoms with Crippen molar-refractivity contribution < 1.29 is 4.39 Å². The third kappa shape index (κ3) is 1.49. The van der Waals surface area contributed by atoms with Gasteiger partial charge in [0.25, 0.3) is 0 Å². The van der Waals surface area contributed by atoms with E-state index in [0.29, 0.717) is 4.70 Å². The molecule has 1 aromatic heterocycles. The van der Waals surface area contributed by atoms with Crippen LogP contribution in [0.3, 0.4) is 0 Å². The smallest absolute Gasteiger partial charge is 0.142 e.